The highest BCUT2D eigenvalue weighted by Gasteiger charge is 2.13. The molecule has 5 heteroatoms. The van der Waals surface area contributed by atoms with Crippen LogP contribution in [0.4, 0.5) is 0 Å². The van der Waals surface area contributed by atoms with E-state index >= 15 is 0 Å². The number of nitrogens with two attached hydrogens (primary N) is 1. The molecule has 2 atom stereocenters. The van der Waals surface area contributed by atoms with Crippen LogP contribution in [0.5, 0.6) is 0 Å². The van der Waals surface area contributed by atoms with Gasteiger partial charge in [-0.25, -0.2) is 0 Å². The maximum absolute atomic E-state index is 11.6. The van der Waals surface area contributed by atoms with Crippen LogP contribution in [0.15, 0.2) is 0 Å². The van der Waals surface area contributed by atoms with Gasteiger partial charge in [0.15, 0.2) is 0 Å². The van der Waals surface area contributed by atoms with Crippen molar-refractivity contribution in [3.8, 4) is 0 Å². The van der Waals surface area contributed by atoms with Gasteiger partial charge in [0.2, 0.25) is 5.91 Å². The van der Waals surface area contributed by atoms with E-state index < -0.39 is 0 Å². The van der Waals surface area contributed by atoms with Crippen molar-refractivity contribution in [2.45, 2.75) is 25.8 Å². The number of hydrogen-bond acceptors (Lipinski definition) is 4. The van der Waals surface area contributed by atoms with Gasteiger partial charge >= 0.3 is 0 Å². The van der Waals surface area contributed by atoms with E-state index in [4.69, 9.17) is 15.2 Å². The Balaban J connectivity index is 3.88. The second-order valence-corrected chi connectivity index (χ2v) is 4.06. The Morgan fingerprint density at radius 3 is 2.44 bits per heavy atom. The monoisotopic (exact) mass is 232 g/mol. The number of amides is 1. The number of methoxy groups -OCH3 is 2. The Labute approximate surface area is 97.7 Å². The Kier molecular flexibility index (Phi) is 9.18. The Morgan fingerprint density at radius 2 is 1.94 bits per heavy atom. The van der Waals surface area contributed by atoms with Crippen LogP contribution >= 0.6 is 0 Å². The van der Waals surface area contributed by atoms with Crippen LogP contribution in [-0.2, 0) is 14.3 Å². The van der Waals surface area contributed by atoms with Gasteiger partial charge in [-0.3, -0.25) is 4.79 Å². The molecule has 0 spiro atoms. The molecule has 0 aromatic heterocycles. The molecule has 0 aromatic rings. The summed E-state index contributed by atoms with van der Waals surface area (Å²) in [6.07, 6.45) is 1.21. The van der Waals surface area contributed by atoms with E-state index in [9.17, 15) is 4.79 Å². The van der Waals surface area contributed by atoms with E-state index in [1.165, 1.54) is 0 Å². The molecule has 0 radical (unpaired) electrons. The summed E-state index contributed by atoms with van der Waals surface area (Å²) in [5.41, 5.74) is 5.46. The van der Waals surface area contributed by atoms with Crippen molar-refractivity contribution in [2.24, 2.45) is 11.7 Å². The minimum absolute atomic E-state index is 0.0113. The third-order valence-corrected chi connectivity index (χ3v) is 2.23. The van der Waals surface area contributed by atoms with Crippen LogP contribution in [-0.4, -0.2) is 45.9 Å². The average molecular weight is 232 g/mol. The zero-order valence-corrected chi connectivity index (χ0v) is 10.5. The van der Waals surface area contributed by atoms with Gasteiger partial charge in [-0.05, 0) is 18.9 Å². The van der Waals surface area contributed by atoms with Gasteiger partial charge in [-0.15, -0.1) is 0 Å². The third kappa shape index (κ3) is 7.62. The van der Waals surface area contributed by atoms with Crippen LogP contribution in [0, 0.1) is 5.92 Å². The Hall–Kier alpha value is -0.650. The first-order valence-corrected chi connectivity index (χ1v) is 5.61. The molecule has 1 amide bonds. The summed E-state index contributed by atoms with van der Waals surface area (Å²) in [7, 11) is 3.25. The molecule has 0 heterocycles. The Bertz CT molecular complexity index is 182. The van der Waals surface area contributed by atoms with Gasteiger partial charge < -0.3 is 20.5 Å². The molecule has 16 heavy (non-hydrogen) atoms. The SMILES string of the molecule is COCC(C)CC(=O)NC(CCN)COC. The highest BCUT2D eigenvalue weighted by molar-refractivity contribution is 5.76. The molecule has 0 aliphatic heterocycles. The van der Waals surface area contributed by atoms with Crippen molar-refractivity contribution < 1.29 is 14.3 Å². The fourth-order valence-corrected chi connectivity index (χ4v) is 1.55. The predicted molar refractivity (Wildman–Crippen MR) is 63.1 cm³/mol. The van der Waals surface area contributed by atoms with Crippen LogP contribution < -0.4 is 11.1 Å². The normalized spacial score (nSPS) is 14.5. The molecule has 0 aromatic carbocycles. The smallest absolute Gasteiger partial charge is 0.220 e. The van der Waals surface area contributed by atoms with Gasteiger partial charge in [0.25, 0.3) is 0 Å². The minimum atomic E-state index is 0.0113. The lowest BCUT2D eigenvalue weighted by molar-refractivity contribution is -0.123. The molecular weight excluding hydrogens is 208 g/mol. The van der Waals surface area contributed by atoms with Gasteiger partial charge in [0, 0.05) is 27.2 Å². The molecule has 0 saturated carbocycles. The number of ether oxygens (including phenoxy) is 2. The number of nitrogens with one attached hydrogen (secondary N) is 1. The summed E-state index contributed by atoms with van der Waals surface area (Å²) in [5, 5.41) is 2.91. The molecule has 0 aliphatic rings. The second kappa shape index (κ2) is 9.57. The zero-order chi connectivity index (χ0) is 12.4. The van der Waals surface area contributed by atoms with Crippen molar-refractivity contribution in [2.75, 3.05) is 34.0 Å². The number of hydrogen-bond donors (Lipinski definition) is 2. The largest absolute Gasteiger partial charge is 0.384 e. The van der Waals surface area contributed by atoms with Crippen molar-refractivity contribution in [1.82, 2.24) is 5.32 Å². The van der Waals surface area contributed by atoms with Crippen LogP contribution in [0.25, 0.3) is 0 Å². The molecule has 0 aliphatic carbocycles. The molecule has 0 fully saturated rings. The van der Waals surface area contributed by atoms with E-state index in [0.717, 1.165) is 6.42 Å². The Morgan fingerprint density at radius 1 is 1.31 bits per heavy atom. The molecule has 0 saturated heterocycles. The second-order valence-electron chi connectivity index (χ2n) is 4.06. The van der Waals surface area contributed by atoms with Crippen LogP contribution in [0.3, 0.4) is 0 Å². The summed E-state index contributed by atoms with van der Waals surface area (Å²) in [4.78, 5) is 11.6. The summed E-state index contributed by atoms with van der Waals surface area (Å²) in [6.45, 7) is 3.63. The molecule has 0 bridgehead atoms. The molecule has 3 N–H and O–H groups in total. The summed E-state index contributed by atoms with van der Waals surface area (Å²) in [5.74, 6) is 0.256. The number of rotatable bonds is 9. The summed E-state index contributed by atoms with van der Waals surface area (Å²) >= 11 is 0. The van der Waals surface area contributed by atoms with Crippen molar-refractivity contribution >= 4 is 5.91 Å². The first-order chi connectivity index (χ1) is 7.63. The van der Waals surface area contributed by atoms with E-state index in [2.05, 4.69) is 5.32 Å². The van der Waals surface area contributed by atoms with E-state index in [1.807, 2.05) is 6.92 Å². The van der Waals surface area contributed by atoms with Gasteiger partial charge in [0.05, 0.1) is 12.6 Å². The minimum Gasteiger partial charge on any atom is -0.384 e. The molecule has 5 nitrogen and oxygen atoms in total. The molecule has 2 unspecified atom stereocenters. The highest BCUT2D eigenvalue weighted by atomic mass is 16.5. The van der Waals surface area contributed by atoms with E-state index in [1.54, 1.807) is 14.2 Å². The summed E-state index contributed by atoms with van der Waals surface area (Å²) < 4.78 is 9.99. The topological polar surface area (TPSA) is 73.6 Å². The van der Waals surface area contributed by atoms with E-state index in [-0.39, 0.29) is 17.9 Å². The van der Waals surface area contributed by atoms with Gasteiger partial charge in [0.1, 0.15) is 0 Å². The van der Waals surface area contributed by atoms with Crippen molar-refractivity contribution in [1.29, 1.82) is 0 Å². The standard InChI is InChI=1S/C11H24N2O3/c1-9(7-15-2)6-11(14)13-10(4-5-12)8-16-3/h9-10H,4-8,12H2,1-3H3,(H,13,14). The molecule has 0 rings (SSSR count). The van der Waals surface area contributed by atoms with Crippen LogP contribution in [0.1, 0.15) is 19.8 Å². The predicted octanol–water partition coefficient (Wildman–Crippen LogP) is 0.139. The lowest BCUT2D eigenvalue weighted by Gasteiger charge is -2.18. The first-order valence-electron chi connectivity index (χ1n) is 5.61. The quantitative estimate of drug-likeness (QED) is 0.593. The lowest BCUT2D eigenvalue weighted by atomic mass is 10.1. The maximum atomic E-state index is 11.6. The van der Waals surface area contributed by atoms with Gasteiger partial charge in [-0.2, -0.15) is 0 Å². The fraction of sp³-hybridized carbons (Fsp3) is 0.909. The summed E-state index contributed by atoms with van der Waals surface area (Å²) in [6, 6.07) is 0.0113. The van der Waals surface area contributed by atoms with Gasteiger partial charge in [-0.1, -0.05) is 6.92 Å². The fourth-order valence-electron chi connectivity index (χ4n) is 1.55. The zero-order valence-electron chi connectivity index (χ0n) is 10.5. The van der Waals surface area contributed by atoms with Crippen molar-refractivity contribution in [3.05, 3.63) is 0 Å². The lowest BCUT2D eigenvalue weighted by Crippen LogP contribution is -2.40. The molecule has 96 valence electrons. The van der Waals surface area contributed by atoms with Crippen molar-refractivity contribution in [3.63, 3.8) is 0 Å². The third-order valence-electron chi connectivity index (χ3n) is 2.23. The highest BCUT2D eigenvalue weighted by Crippen LogP contribution is 2.02. The average Bonchev–Trinajstić information content (AvgIpc) is 2.18. The maximum Gasteiger partial charge on any atom is 0.220 e. The van der Waals surface area contributed by atoms with Crippen LogP contribution in [0.2, 0.25) is 0 Å². The number of carbonyl (C=O) groups excluding carboxylic acids is 1. The number of carbonyl (C=O) groups is 1. The molecular formula is C11H24N2O3. The first kappa shape index (κ1) is 15.3. The van der Waals surface area contributed by atoms with E-state index in [0.29, 0.717) is 26.2 Å².